The van der Waals surface area contributed by atoms with E-state index in [2.05, 4.69) is 66.5 Å². The summed E-state index contributed by atoms with van der Waals surface area (Å²) in [5.74, 6) is 19.0. The molecule has 0 aliphatic carbocycles. The molecule has 27 heavy (non-hydrogen) atoms. The lowest BCUT2D eigenvalue weighted by molar-refractivity contribution is 0.129. The van der Waals surface area contributed by atoms with Crippen LogP contribution in [0.2, 0.25) is 19.1 Å². The van der Waals surface area contributed by atoms with Crippen molar-refractivity contribution in [1.82, 2.24) is 4.31 Å². The van der Waals surface area contributed by atoms with Gasteiger partial charge in [0.05, 0.1) is 19.4 Å². The Labute approximate surface area is 165 Å². The van der Waals surface area contributed by atoms with Crippen LogP contribution in [0.4, 0.5) is 0 Å². The van der Waals surface area contributed by atoms with Crippen molar-refractivity contribution >= 4 is 18.3 Å². The molecule has 0 aromatic heterocycles. The van der Waals surface area contributed by atoms with Gasteiger partial charge in [-0.2, -0.15) is 0 Å². The second kappa shape index (κ2) is 13.8. The molecular weight excluding hydrogens is 378 g/mol. The molecule has 0 rings (SSSR count). The summed E-state index contributed by atoms with van der Waals surface area (Å²) in [6.07, 6.45) is 6.91. The maximum Gasteiger partial charge on any atom is 0.239 e. The lowest BCUT2D eigenvalue weighted by atomic mass is 10.5. The Bertz CT molecular complexity index is 856. The molecule has 0 amide bonds. The second-order valence-corrected chi connectivity index (χ2v) is 12.1. The Balaban J connectivity index is 4.44. The molecular formula is C20H25NO4SSi. The smallest absolute Gasteiger partial charge is 0.239 e. The van der Waals surface area contributed by atoms with E-state index in [4.69, 9.17) is 15.6 Å². The van der Waals surface area contributed by atoms with Gasteiger partial charge < -0.3 is 9.16 Å². The van der Waals surface area contributed by atoms with E-state index in [0.717, 1.165) is 29.6 Å². The maximum absolute atomic E-state index is 11.7. The minimum atomic E-state index is -3.47. The van der Waals surface area contributed by atoms with Gasteiger partial charge in [0.15, 0.2) is 8.32 Å². The zero-order valence-electron chi connectivity index (χ0n) is 16.3. The van der Waals surface area contributed by atoms with Crippen LogP contribution < -0.4 is 0 Å². The summed E-state index contributed by atoms with van der Waals surface area (Å²) in [6, 6.07) is 3.48. The fourth-order valence-electron chi connectivity index (χ4n) is 1.90. The van der Waals surface area contributed by atoms with Crippen LogP contribution in [0, 0.1) is 59.8 Å². The first kappa shape index (κ1) is 24.7. The van der Waals surface area contributed by atoms with Crippen LogP contribution in [0.3, 0.4) is 0 Å². The van der Waals surface area contributed by atoms with Crippen LogP contribution in [0.5, 0.6) is 0 Å². The minimum Gasteiger partial charge on any atom is -0.418 e. The van der Waals surface area contributed by atoms with E-state index in [1.165, 1.54) is 0 Å². The Morgan fingerprint density at radius 3 is 2.15 bits per heavy atom. The zero-order valence-corrected chi connectivity index (χ0v) is 18.1. The van der Waals surface area contributed by atoms with Crippen LogP contribution in [0.1, 0.15) is 13.3 Å². The van der Waals surface area contributed by atoms with E-state index in [0.29, 0.717) is 6.61 Å². The van der Waals surface area contributed by atoms with Crippen LogP contribution in [-0.2, 0) is 19.2 Å². The average molecular weight is 404 g/mol. The number of nitrogens with zero attached hydrogens (tertiary/aromatic N) is 1. The summed E-state index contributed by atoms with van der Waals surface area (Å²) in [7, 11) is -5.08. The first-order chi connectivity index (χ1) is 12.7. The van der Waals surface area contributed by atoms with Gasteiger partial charge in [-0.1, -0.05) is 0 Å². The van der Waals surface area contributed by atoms with Gasteiger partial charge in [-0.05, 0) is 56.2 Å². The minimum absolute atomic E-state index is 0.138. The lowest BCUT2D eigenvalue weighted by Gasteiger charge is -2.21. The zero-order chi connectivity index (χ0) is 20.6. The Hall–Kier alpha value is -2.31. The van der Waals surface area contributed by atoms with E-state index in [-0.39, 0.29) is 13.2 Å². The summed E-state index contributed by atoms with van der Waals surface area (Å²) in [6.45, 7) is 8.02. The molecule has 0 aliphatic heterocycles. The highest BCUT2D eigenvalue weighted by Crippen LogP contribution is 2.13. The third kappa shape index (κ3) is 14.5. The van der Waals surface area contributed by atoms with Gasteiger partial charge in [-0.15, -0.1) is 6.42 Å². The molecule has 0 aromatic carbocycles. The van der Waals surface area contributed by atoms with Crippen LogP contribution in [0.15, 0.2) is 0 Å². The Morgan fingerprint density at radius 2 is 1.59 bits per heavy atom. The van der Waals surface area contributed by atoms with Crippen molar-refractivity contribution < 1.29 is 17.6 Å². The molecule has 5 nitrogen and oxygen atoms in total. The predicted molar refractivity (Wildman–Crippen MR) is 111 cm³/mol. The summed E-state index contributed by atoms with van der Waals surface area (Å²) in [4.78, 5) is 0. The van der Waals surface area contributed by atoms with E-state index >= 15 is 0 Å². The number of sulfonamides is 1. The number of hydrogen-bond donors (Lipinski definition) is 0. The van der Waals surface area contributed by atoms with Crippen molar-refractivity contribution in [3.8, 4) is 59.8 Å². The molecule has 0 saturated carbocycles. The van der Waals surface area contributed by atoms with Gasteiger partial charge in [0, 0.05) is 42.9 Å². The third-order valence-corrected chi connectivity index (χ3v) is 6.77. The highest BCUT2D eigenvalue weighted by molar-refractivity contribution is 7.88. The number of hydrogen-bond acceptors (Lipinski definition) is 4. The van der Waals surface area contributed by atoms with Gasteiger partial charge in [0.1, 0.15) is 0 Å². The molecule has 0 N–H and O–H groups in total. The van der Waals surface area contributed by atoms with E-state index < -0.39 is 18.3 Å². The molecule has 0 heterocycles. The van der Waals surface area contributed by atoms with Gasteiger partial charge in [-0.25, -0.2) is 12.7 Å². The monoisotopic (exact) mass is 403 g/mol. The van der Waals surface area contributed by atoms with Gasteiger partial charge in [0.25, 0.3) is 0 Å². The van der Waals surface area contributed by atoms with Crippen molar-refractivity contribution in [1.29, 1.82) is 0 Å². The van der Waals surface area contributed by atoms with E-state index in [1.807, 2.05) is 6.92 Å². The van der Waals surface area contributed by atoms with Gasteiger partial charge >= 0.3 is 0 Å². The molecule has 0 bridgehead atoms. The van der Waals surface area contributed by atoms with Crippen LogP contribution in [0.25, 0.3) is 0 Å². The summed E-state index contributed by atoms with van der Waals surface area (Å²) >= 11 is 0. The van der Waals surface area contributed by atoms with E-state index in [1.54, 1.807) is 0 Å². The summed E-state index contributed by atoms with van der Waals surface area (Å²) in [5, 5.41) is 0. The van der Waals surface area contributed by atoms with Crippen molar-refractivity contribution in [2.45, 2.75) is 32.5 Å². The summed E-state index contributed by atoms with van der Waals surface area (Å²) < 4.78 is 35.7. The lowest BCUT2D eigenvalue weighted by Crippen LogP contribution is -2.31. The molecule has 0 radical (unpaired) electrons. The standard InChI is InChI=1S/C20H25NO4SSi/c1-6-8-9-10-11-12-13-14-16-21(26(3,22)23)17-19-24-18-15-20-27(4,5)25-7-2/h1H,7,15,17-20H2,2-5H3. The first-order valence-corrected chi connectivity index (χ1v) is 13.3. The molecule has 144 valence electrons. The maximum atomic E-state index is 11.7. The highest BCUT2D eigenvalue weighted by atomic mass is 32.2. The summed E-state index contributed by atoms with van der Waals surface area (Å²) in [5.41, 5.74) is 0. The molecule has 0 fully saturated rings. The predicted octanol–water partition coefficient (Wildman–Crippen LogP) is 1.50. The fourth-order valence-corrected chi connectivity index (χ4v) is 4.44. The van der Waals surface area contributed by atoms with Gasteiger partial charge in [0.2, 0.25) is 10.0 Å². The molecule has 0 spiro atoms. The SMILES string of the molecule is C#CC#CC#CC#CC#CN(CCOCCC[Si](C)(C)OCC)S(C)(=O)=O. The van der Waals surface area contributed by atoms with Crippen LogP contribution in [-0.4, -0.2) is 53.7 Å². The molecule has 7 heteroatoms. The fraction of sp³-hybridized carbons (Fsp3) is 0.500. The number of terminal acetylenes is 1. The molecule has 0 aliphatic rings. The highest BCUT2D eigenvalue weighted by Gasteiger charge is 2.20. The molecule has 0 saturated heterocycles. The van der Waals surface area contributed by atoms with Crippen molar-refractivity contribution in [3.05, 3.63) is 0 Å². The quantitative estimate of drug-likeness (QED) is 0.240. The van der Waals surface area contributed by atoms with Crippen LogP contribution >= 0.6 is 0 Å². The second-order valence-electron chi connectivity index (χ2n) is 5.87. The largest absolute Gasteiger partial charge is 0.418 e. The molecule has 0 unspecified atom stereocenters. The van der Waals surface area contributed by atoms with Crippen molar-refractivity contribution in [2.75, 3.05) is 32.6 Å². The first-order valence-electron chi connectivity index (χ1n) is 8.38. The Morgan fingerprint density at radius 1 is 1.00 bits per heavy atom. The number of ether oxygens (including phenoxy) is 1. The van der Waals surface area contributed by atoms with Crippen molar-refractivity contribution in [3.63, 3.8) is 0 Å². The normalized spacial score (nSPS) is 9.74. The van der Waals surface area contributed by atoms with Crippen molar-refractivity contribution in [2.24, 2.45) is 0 Å². The molecule has 0 atom stereocenters. The third-order valence-electron chi connectivity index (χ3n) is 3.07. The topological polar surface area (TPSA) is 55.8 Å². The van der Waals surface area contributed by atoms with Gasteiger partial charge in [-0.3, -0.25) is 0 Å². The Kier molecular flexibility index (Phi) is 12.6. The van der Waals surface area contributed by atoms with E-state index in [9.17, 15) is 8.42 Å². The average Bonchev–Trinajstić information content (AvgIpc) is 2.57. The molecule has 0 aromatic rings. The number of rotatable bonds is 10.